The second-order valence-electron chi connectivity index (χ2n) is 10.7. The largest absolute Gasteiger partial charge is 0.496 e. The number of rotatable bonds is 17. The number of furan rings is 1. The summed E-state index contributed by atoms with van der Waals surface area (Å²) in [5.41, 5.74) is 3.07. The van der Waals surface area contributed by atoms with E-state index in [1.165, 1.54) is 5.56 Å². The summed E-state index contributed by atoms with van der Waals surface area (Å²) < 4.78 is 40.8. The minimum absolute atomic E-state index is 0.0406. The van der Waals surface area contributed by atoms with Gasteiger partial charge in [-0.15, -0.1) is 0 Å². The molecule has 2 unspecified atom stereocenters. The lowest BCUT2D eigenvalue weighted by Crippen LogP contribution is -2.40. The van der Waals surface area contributed by atoms with Crippen LogP contribution < -0.4 is 19.5 Å². The van der Waals surface area contributed by atoms with Crippen LogP contribution in [0.3, 0.4) is 0 Å². The average molecular weight is 590 g/mol. The number of nitrogens with one attached hydrogen (secondary N) is 1. The van der Waals surface area contributed by atoms with Crippen molar-refractivity contribution in [3.8, 4) is 17.2 Å². The zero-order valence-electron chi connectivity index (χ0n) is 25.2. The maximum atomic E-state index is 6.43. The summed E-state index contributed by atoms with van der Waals surface area (Å²) in [5.74, 6) is 3.55. The molecule has 5 rings (SSSR count). The summed E-state index contributed by atoms with van der Waals surface area (Å²) in [6.45, 7) is 5.16. The maximum absolute atomic E-state index is 6.43. The van der Waals surface area contributed by atoms with E-state index in [0.717, 1.165) is 71.9 Å². The molecular formula is C35H43NO7. The van der Waals surface area contributed by atoms with Crippen molar-refractivity contribution in [1.29, 1.82) is 0 Å². The van der Waals surface area contributed by atoms with E-state index in [-0.39, 0.29) is 6.10 Å². The molecule has 0 aliphatic carbocycles. The van der Waals surface area contributed by atoms with E-state index < -0.39 is 0 Å². The first-order chi connectivity index (χ1) is 21.2. The van der Waals surface area contributed by atoms with Gasteiger partial charge in [-0.2, -0.15) is 0 Å². The molecule has 4 aromatic rings. The third-order valence-corrected chi connectivity index (χ3v) is 7.64. The van der Waals surface area contributed by atoms with Crippen LogP contribution in [-0.4, -0.2) is 59.8 Å². The highest BCUT2D eigenvalue weighted by Gasteiger charge is 2.27. The van der Waals surface area contributed by atoms with Gasteiger partial charge < -0.3 is 38.2 Å². The van der Waals surface area contributed by atoms with Crippen LogP contribution in [0.2, 0.25) is 0 Å². The van der Waals surface area contributed by atoms with Gasteiger partial charge in [-0.1, -0.05) is 42.5 Å². The molecule has 230 valence electrons. The summed E-state index contributed by atoms with van der Waals surface area (Å²) in [7, 11) is 3.37. The molecule has 1 N–H and O–H groups in total. The molecule has 0 radical (unpaired) electrons. The number of para-hydroxylation sites is 2. The lowest BCUT2D eigenvalue weighted by Gasteiger charge is -2.32. The van der Waals surface area contributed by atoms with Crippen LogP contribution in [0, 0.1) is 0 Å². The molecule has 0 amide bonds. The van der Waals surface area contributed by atoms with Gasteiger partial charge in [0, 0.05) is 50.0 Å². The van der Waals surface area contributed by atoms with E-state index in [0.29, 0.717) is 45.6 Å². The van der Waals surface area contributed by atoms with Gasteiger partial charge in [0.2, 0.25) is 0 Å². The Balaban J connectivity index is 1.08. The molecule has 3 aromatic carbocycles. The van der Waals surface area contributed by atoms with Crippen molar-refractivity contribution in [2.24, 2.45) is 0 Å². The van der Waals surface area contributed by atoms with Gasteiger partial charge in [0.05, 0.1) is 39.6 Å². The average Bonchev–Trinajstić information content (AvgIpc) is 3.48. The van der Waals surface area contributed by atoms with E-state index in [2.05, 4.69) is 29.6 Å². The molecule has 0 spiro atoms. The first kappa shape index (κ1) is 30.9. The number of benzene rings is 3. The highest BCUT2D eigenvalue weighted by atomic mass is 16.5. The number of piperidine rings is 1. The van der Waals surface area contributed by atoms with Crippen molar-refractivity contribution < 1.29 is 32.8 Å². The Bertz CT molecular complexity index is 1390. The summed E-state index contributed by atoms with van der Waals surface area (Å²) in [6.07, 6.45) is 2.69. The van der Waals surface area contributed by atoms with E-state index in [4.69, 9.17) is 32.8 Å². The molecule has 1 saturated heterocycles. The fourth-order valence-corrected chi connectivity index (χ4v) is 5.40. The highest BCUT2D eigenvalue weighted by Crippen LogP contribution is 2.32. The molecule has 43 heavy (non-hydrogen) atoms. The van der Waals surface area contributed by atoms with Crippen molar-refractivity contribution in [2.45, 2.75) is 44.5 Å². The topological polar surface area (TPSA) is 80.6 Å². The first-order valence-electron chi connectivity index (χ1n) is 15.1. The summed E-state index contributed by atoms with van der Waals surface area (Å²) in [6, 6.07) is 24.3. The summed E-state index contributed by atoms with van der Waals surface area (Å²) in [4.78, 5) is 0. The van der Waals surface area contributed by atoms with Crippen LogP contribution in [0.4, 0.5) is 0 Å². The van der Waals surface area contributed by atoms with Crippen molar-refractivity contribution in [1.82, 2.24) is 5.32 Å². The van der Waals surface area contributed by atoms with Crippen LogP contribution in [0.5, 0.6) is 17.2 Å². The smallest absolute Gasteiger partial charge is 0.176 e. The molecule has 8 heteroatoms. The summed E-state index contributed by atoms with van der Waals surface area (Å²) >= 11 is 0. The van der Waals surface area contributed by atoms with Crippen molar-refractivity contribution in [3.05, 3.63) is 89.7 Å². The van der Waals surface area contributed by atoms with Crippen LogP contribution in [0.1, 0.15) is 42.1 Å². The summed E-state index contributed by atoms with van der Waals surface area (Å²) in [5, 5.41) is 4.50. The van der Waals surface area contributed by atoms with Crippen molar-refractivity contribution in [2.75, 3.05) is 53.7 Å². The molecule has 8 nitrogen and oxygen atoms in total. The lowest BCUT2D eigenvalue weighted by atomic mass is 9.87. The quantitative estimate of drug-likeness (QED) is 0.140. The third kappa shape index (κ3) is 8.74. The predicted octanol–water partition coefficient (Wildman–Crippen LogP) is 6.50. The van der Waals surface area contributed by atoms with Gasteiger partial charge in [0.1, 0.15) is 23.9 Å². The number of fused-ring (bicyclic) bond motifs is 1. The Morgan fingerprint density at radius 1 is 0.814 bits per heavy atom. The first-order valence-corrected chi connectivity index (χ1v) is 15.1. The SMILES string of the molecule is COCCCOc1cccc2cc(COC3CNCCC3c3ccc(OCCCOCc4ccccc4OC)cc3)oc12. The Hall–Kier alpha value is -3.56. The van der Waals surface area contributed by atoms with E-state index in [1.54, 1.807) is 14.2 Å². The third-order valence-electron chi connectivity index (χ3n) is 7.64. The van der Waals surface area contributed by atoms with Crippen LogP contribution in [0.15, 0.2) is 77.2 Å². The van der Waals surface area contributed by atoms with Gasteiger partial charge in [0.25, 0.3) is 0 Å². The standard InChI is InChI=1S/C35H43NO7/c1-37-18-6-21-41-33-11-5-9-27-22-30(43-35(27)33)25-42-34-23-36-17-16-31(34)26-12-14-29(15-13-26)40-20-7-19-39-24-28-8-3-4-10-32(28)38-2/h3-5,8-15,22,31,34,36H,6-7,16-21,23-25H2,1-2H3. The van der Waals surface area contributed by atoms with Gasteiger partial charge in [-0.25, -0.2) is 0 Å². The second kappa shape index (κ2) is 16.3. The molecule has 1 aliphatic rings. The predicted molar refractivity (Wildman–Crippen MR) is 166 cm³/mol. The number of hydrogen-bond acceptors (Lipinski definition) is 8. The molecular weight excluding hydrogens is 546 g/mol. The van der Waals surface area contributed by atoms with E-state index >= 15 is 0 Å². The van der Waals surface area contributed by atoms with Crippen LogP contribution in [-0.2, 0) is 27.4 Å². The van der Waals surface area contributed by atoms with Gasteiger partial charge in [-0.3, -0.25) is 0 Å². The Kier molecular flexibility index (Phi) is 11.7. The van der Waals surface area contributed by atoms with Gasteiger partial charge in [0.15, 0.2) is 11.3 Å². The maximum Gasteiger partial charge on any atom is 0.176 e. The molecule has 2 heterocycles. The molecule has 0 bridgehead atoms. The Labute approximate surface area is 254 Å². The monoisotopic (exact) mass is 589 g/mol. The molecule has 2 atom stereocenters. The second-order valence-corrected chi connectivity index (χ2v) is 10.7. The number of ether oxygens (including phenoxy) is 6. The van der Waals surface area contributed by atoms with E-state index in [9.17, 15) is 0 Å². The fraction of sp³-hybridized carbons (Fsp3) is 0.429. The van der Waals surface area contributed by atoms with Crippen LogP contribution >= 0.6 is 0 Å². The van der Waals surface area contributed by atoms with Gasteiger partial charge >= 0.3 is 0 Å². The minimum atomic E-state index is 0.0406. The number of methoxy groups -OCH3 is 2. The Morgan fingerprint density at radius 2 is 1.63 bits per heavy atom. The molecule has 1 aliphatic heterocycles. The van der Waals surface area contributed by atoms with Crippen molar-refractivity contribution >= 4 is 11.0 Å². The Morgan fingerprint density at radius 3 is 2.49 bits per heavy atom. The molecule has 0 saturated carbocycles. The highest BCUT2D eigenvalue weighted by molar-refractivity contribution is 5.83. The normalized spacial score (nSPS) is 16.8. The van der Waals surface area contributed by atoms with Gasteiger partial charge in [-0.05, 0) is 48.9 Å². The minimum Gasteiger partial charge on any atom is -0.496 e. The molecule has 1 fully saturated rings. The molecule has 1 aromatic heterocycles. The number of hydrogen-bond donors (Lipinski definition) is 1. The fourth-order valence-electron chi connectivity index (χ4n) is 5.40. The van der Waals surface area contributed by atoms with Crippen molar-refractivity contribution in [3.63, 3.8) is 0 Å². The van der Waals surface area contributed by atoms with Crippen LogP contribution in [0.25, 0.3) is 11.0 Å². The zero-order chi connectivity index (χ0) is 29.7. The lowest BCUT2D eigenvalue weighted by molar-refractivity contribution is 0.00340. The zero-order valence-corrected chi connectivity index (χ0v) is 25.2. The van der Waals surface area contributed by atoms with E-state index in [1.807, 2.05) is 48.5 Å².